The molecule has 0 bridgehead atoms. The van der Waals surface area contributed by atoms with Crippen molar-refractivity contribution in [1.29, 1.82) is 0 Å². The van der Waals surface area contributed by atoms with Gasteiger partial charge in [-0.3, -0.25) is 9.59 Å². The van der Waals surface area contributed by atoms with Crippen LogP contribution in [0.5, 0.6) is 11.5 Å². The number of methoxy groups -OCH3 is 2. The molecule has 0 radical (unpaired) electrons. The predicted octanol–water partition coefficient (Wildman–Crippen LogP) is 3.92. The molecule has 1 N–H and O–H groups in total. The molecular weight excluding hydrogens is 346 g/mol. The number of aryl methyl sites for hydroxylation is 2. The minimum Gasteiger partial charge on any atom is -0.493 e. The maximum atomic E-state index is 12.8. The van der Waals surface area contributed by atoms with Crippen LogP contribution < -0.4 is 14.8 Å². The van der Waals surface area contributed by atoms with E-state index in [1.54, 1.807) is 21.1 Å². The summed E-state index contributed by atoms with van der Waals surface area (Å²) in [4.78, 5) is 24.9. The van der Waals surface area contributed by atoms with E-state index in [-0.39, 0.29) is 23.5 Å². The second kappa shape index (κ2) is 7.47. The molecule has 27 heavy (non-hydrogen) atoms. The van der Waals surface area contributed by atoms with Crippen LogP contribution >= 0.6 is 0 Å². The number of hydrogen-bond acceptors (Lipinski definition) is 5. The molecule has 1 aliphatic rings. The summed E-state index contributed by atoms with van der Waals surface area (Å²) in [5.74, 6) is 1.83. The van der Waals surface area contributed by atoms with Crippen LogP contribution in [-0.4, -0.2) is 25.9 Å². The molecule has 0 aliphatic heterocycles. The van der Waals surface area contributed by atoms with Gasteiger partial charge in [-0.05, 0) is 50.5 Å². The first kappa shape index (κ1) is 19.0. The van der Waals surface area contributed by atoms with Gasteiger partial charge in [0.25, 0.3) is 5.91 Å². The Morgan fingerprint density at radius 1 is 1.15 bits per heavy atom. The lowest BCUT2D eigenvalue weighted by molar-refractivity contribution is 0.0906. The van der Waals surface area contributed by atoms with Crippen molar-refractivity contribution in [2.24, 2.45) is 0 Å². The van der Waals surface area contributed by atoms with E-state index in [0.29, 0.717) is 41.2 Å². The Bertz CT molecular complexity index is 896. The molecule has 1 aromatic heterocycles. The van der Waals surface area contributed by atoms with Gasteiger partial charge in [0.15, 0.2) is 23.0 Å². The van der Waals surface area contributed by atoms with Gasteiger partial charge in [-0.2, -0.15) is 0 Å². The SMILES string of the molecule is COc1cc(C)c(C(C)NC(=O)c2oc3c(c2C)C(=O)CCC3)cc1OC. The molecule has 1 atom stereocenters. The van der Waals surface area contributed by atoms with Gasteiger partial charge in [0.2, 0.25) is 0 Å². The van der Waals surface area contributed by atoms with Gasteiger partial charge >= 0.3 is 0 Å². The first-order valence-electron chi connectivity index (χ1n) is 9.06. The minimum absolute atomic E-state index is 0.0559. The number of ketones is 1. The molecule has 0 fully saturated rings. The van der Waals surface area contributed by atoms with Gasteiger partial charge in [-0.25, -0.2) is 0 Å². The second-order valence-electron chi connectivity index (χ2n) is 6.89. The Morgan fingerprint density at radius 2 is 1.81 bits per heavy atom. The van der Waals surface area contributed by atoms with E-state index in [2.05, 4.69) is 5.32 Å². The van der Waals surface area contributed by atoms with Crippen molar-refractivity contribution in [3.8, 4) is 11.5 Å². The summed E-state index contributed by atoms with van der Waals surface area (Å²) >= 11 is 0. The number of nitrogens with one attached hydrogen (secondary N) is 1. The zero-order valence-electron chi connectivity index (χ0n) is 16.4. The lowest BCUT2D eigenvalue weighted by atomic mass is 9.94. The second-order valence-corrected chi connectivity index (χ2v) is 6.89. The van der Waals surface area contributed by atoms with Crippen molar-refractivity contribution in [1.82, 2.24) is 5.32 Å². The average molecular weight is 371 g/mol. The number of carbonyl (C=O) groups excluding carboxylic acids is 2. The summed E-state index contributed by atoms with van der Waals surface area (Å²) < 4.78 is 16.4. The molecule has 1 unspecified atom stereocenters. The number of ether oxygens (including phenoxy) is 2. The van der Waals surface area contributed by atoms with Crippen LogP contribution in [0.3, 0.4) is 0 Å². The average Bonchev–Trinajstić information content (AvgIpc) is 2.99. The largest absolute Gasteiger partial charge is 0.493 e. The fourth-order valence-corrected chi connectivity index (χ4v) is 3.67. The molecule has 6 nitrogen and oxygen atoms in total. The van der Waals surface area contributed by atoms with Gasteiger partial charge in [0, 0.05) is 18.4 Å². The molecule has 1 heterocycles. The third-order valence-corrected chi connectivity index (χ3v) is 5.10. The van der Waals surface area contributed by atoms with Crippen LogP contribution in [0.25, 0.3) is 0 Å². The molecule has 144 valence electrons. The van der Waals surface area contributed by atoms with Crippen LogP contribution in [0, 0.1) is 13.8 Å². The molecule has 1 amide bonds. The highest BCUT2D eigenvalue weighted by atomic mass is 16.5. The molecule has 2 aromatic rings. The number of amides is 1. The fourth-order valence-electron chi connectivity index (χ4n) is 3.67. The number of hydrogen-bond donors (Lipinski definition) is 1. The third-order valence-electron chi connectivity index (χ3n) is 5.10. The highest BCUT2D eigenvalue weighted by molar-refractivity contribution is 6.03. The summed E-state index contributed by atoms with van der Waals surface area (Å²) in [6.45, 7) is 5.62. The van der Waals surface area contributed by atoms with Crippen LogP contribution in [-0.2, 0) is 6.42 Å². The molecule has 0 spiro atoms. The predicted molar refractivity (Wildman–Crippen MR) is 101 cm³/mol. The van der Waals surface area contributed by atoms with Crippen LogP contribution in [0.15, 0.2) is 16.5 Å². The first-order chi connectivity index (χ1) is 12.9. The zero-order valence-corrected chi connectivity index (χ0v) is 16.4. The Morgan fingerprint density at radius 3 is 2.44 bits per heavy atom. The number of furan rings is 1. The lowest BCUT2D eigenvalue weighted by Gasteiger charge is -2.19. The van der Waals surface area contributed by atoms with Gasteiger partial charge in [-0.1, -0.05) is 0 Å². The third kappa shape index (κ3) is 3.44. The van der Waals surface area contributed by atoms with Crippen molar-refractivity contribution in [2.45, 2.75) is 46.1 Å². The molecule has 0 saturated heterocycles. The molecule has 1 aromatic carbocycles. The summed E-state index contributed by atoms with van der Waals surface area (Å²) in [6, 6.07) is 3.48. The number of carbonyl (C=O) groups is 2. The van der Waals surface area contributed by atoms with E-state index in [1.807, 2.05) is 26.0 Å². The van der Waals surface area contributed by atoms with Crippen LogP contribution in [0.1, 0.15) is 69.2 Å². The summed E-state index contributed by atoms with van der Waals surface area (Å²) in [6.07, 6.45) is 1.97. The zero-order chi connectivity index (χ0) is 19.7. The normalized spacial score (nSPS) is 14.5. The van der Waals surface area contributed by atoms with Crippen molar-refractivity contribution in [2.75, 3.05) is 14.2 Å². The van der Waals surface area contributed by atoms with Crippen molar-refractivity contribution >= 4 is 11.7 Å². The fraction of sp³-hybridized carbons (Fsp3) is 0.429. The monoisotopic (exact) mass is 371 g/mol. The topological polar surface area (TPSA) is 77.8 Å². The van der Waals surface area contributed by atoms with Crippen molar-refractivity contribution in [3.63, 3.8) is 0 Å². The number of rotatable bonds is 5. The van der Waals surface area contributed by atoms with Crippen LogP contribution in [0.2, 0.25) is 0 Å². The van der Waals surface area contributed by atoms with E-state index in [0.717, 1.165) is 17.5 Å². The number of Topliss-reactive ketones (excluding diaryl/α,β-unsaturated/α-hetero) is 1. The number of benzene rings is 1. The van der Waals surface area contributed by atoms with Crippen molar-refractivity contribution in [3.05, 3.63) is 45.9 Å². The molecule has 0 saturated carbocycles. The summed E-state index contributed by atoms with van der Waals surface area (Å²) in [5.41, 5.74) is 3.11. The van der Waals surface area contributed by atoms with Gasteiger partial charge in [0.05, 0.1) is 25.8 Å². The molecule has 6 heteroatoms. The standard InChI is InChI=1S/C21H25NO5/c1-11-9-17(25-4)18(26-5)10-14(11)13(3)22-21(24)20-12(2)19-15(23)7-6-8-16(19)27-20/h9-10,13H,6-8H2,1-5H3,(H,22,24). The Balaban J connectivity index is 1.86. The Hall–Kier alpha value is -2.76. The lowest BCUT2D eigenvalue weighted by Crippen LogP contribution is -2.27. The summed E-state index contributed by atoms with van der Waals surface area (Å²) in [5, 5.41) is 2.97. The molecule has 3 rings (SSSR count). The minimum atomic E-state index is -0.323. The first-order valence-corrected chi connectivity index (χ1v) is 9.06. The highest BCUT2D eigenvalue weighted by Gasteiger charge is 2.29. The maximum absolute atomic E-state index is 12.8. The van der Waals surface area contributed by atoms with E-state index >= 15 is 0 Å². The van der Waals surface area contributed by atoms with E-state index in [1.165, 1.54) is 0 Å². The van der Waals surface area contributed by atoms with Gasteiger partial charge in [0.1, 0.15) is 5.76 Å². The quantitative estimate of drug-likeness (QED) is 0.862. The van der Waals surface area contributed by atoms with Crippen LogP contribution in [0.4, 0.5) is 0 Å². The highest BCUT2D eigenvalue weighted by Crippen LogP contribution is 2.33. The van der Waals surface area contributed by atoms with Gasteiger partial charge in [-0.15, -0.1) is 0 Å². The van der Waals surface area contributed by atoms with E-state index < -0.39 is 0 Å². The maximum Gasteiger partial charge on any atom is 0.287 e. The van der Waals surface area contributed by atoms with E-state index in [9.17, 15) is 9.59 Å². The van der Waals surface area contributed by atoms with E-state index in [4.69, 9.17) is 13.9 Å². The Labute approximate surface area is 158 Å². The van der Waals surface area contributed by atoms with Crippen molar-refractivity contribution < 1.29 is 23.5 Å². The molecule has 1 aliphatic carbocycles. The summed E-state index contributed by atoms with van der Waals surface area (Å²) in [7, 11) is 3.17. The van der Waals surface area contributed by atoms with Gasteiger partial charge < -0.3 is 19.2 Å². The number of fused-ring (bicyclic) bond motifs is 1. The molecular formula is C21H25NO5. The smallest absolute Gasteiger partial charge is 0.287 e. The Kier molecular flexibility index (Phi) is 5.26.